The molecule has 0 spiro atoms. The normalized spacial score (nSPS) is 20.8. The molecule has 1 fully saturated rings. The lowest BCUT2D eigenvalue weighted by atomic mass is 9.88. The second-order valence-electron chi connectivity index (χ2n) is 6.92. The number of Topliss-reactive ketones (excluding diaryl/α,β-unsaturated/α-hetero) is 1. The van der Waals surface area contributed by atoms with Gasteiger partial charge in [0.25, 0.3) is 5.91 Å². The van der Waals surface area contributed by atoms with E-state index in [1.807, 2.05) is 0 Å². The van der Waals surface area contributed by atoms with Gasteiger partial charge in [-0.05, 0) is 18.1 Å². The third-order valence-corrected chi connectivity index (χ3v) is 4.96. The molecule has 0 bridgehead atoms. The Kier molecular flexibility index (Phi) is 7.52. The molecule has 1 aliphatic carbocycles. The van der Waals surface area contributed by atoms with Gasteiger partial charge in [0.1, 0.15) is 5.78 Å². The zero-order valence-corrected chi connectivity index (χ0v) is 16.5. The summed E-state index contributed by atoms with van der Waals surface area (Å²) in [4.78, 5) is 46.5. The summed E-state index contributed by atoms with van der Waals surface area (Å²) in [7, 11) is 2.95. The van der Waals surface area contributed by atoms with Crippen LogP contribution in [0.4, 0.5) is 5.69 Å². The molecule has 0 aliphatic heterocycles. The number of nitrogens with one attached hydrogen (secondary N) is 1. The van der Waals surface area contributed by atoms with Crippen molar-refractivity contribution >= 4 is 23.3 Å². The molecular weight excluding hydrogens is 384 g/mol. The second kappa shape index (κ2) is 9.85. The lowest BCUT2D eigenvalue weighted by Crippen LogP contribution is -2.28. The maximum Gasteiger partial charge on any atom is 0.307 e. The average Bonchev–Trinajstić information content (AvgIpc) is 2.92. The number of nitro groups is 1. The van der Waals surface area contributed by atoms with Gasteiger partial charge in [-0.3, -0.25) is 24.5 Å². The van der Waals surface area contributed by atoms with Gasteiger partial charge in [0.2, 0.25) is 6.54 Å². The van der Waals surface area contributed by atoms with Crippen molar-refractivity contribution in [1.82, 2.24) is 0 Å². The smallest absolute Gasteiger partial charge is 0.307 e. The molecule has 0 aromatic heterocycles. The van der Waals surface area contributed by atoms with Crippen molar-refractivity contribution in [2.45, 2.75) is 19.8 Å². The number of anilines is 1. The van der Waals surface area contributed by atoms with E-state index in [2.05, 4.69) is 5.32 Å². The number of carbonyl (C=O) groups excluding carboxylic acids is 3. The highest BCUT2D eigenvalue weighted by Crippen LogP contribution is 2.36. The molecule has 158 valence electrons. The van der Waals surface area contributed by atoms with Crippen LogP contribution in [0.25, 0.3) is 0 Å². The minimum Gasteiger partial charge on any atom is -0.493 e. The van der Waals surface area contributed by atoms with E-state index in [1.165, 1.54) is 14.2 Å². The molecule has 1 saturated carbocycles. The van der Waals surface area contributed by atoms with Crippen molar-refractivity contribution in [1.29, 1.82) is 0 Å². The van der Waals surface area contributed by atoms with Crippen molar-refractivity contribution in [2.24, 2.45) is 17.8 Å². The van der Waals surface area contributed by atoms with Crippen LogP contribution in [0.15, 0.2) is 18.2 Å². The number of esters is 1. The standard InChI is InChI=1S/C19H24N2O8/c1-11-6-15(22)13(14(11)9-21(25)26)8-19(24)29-10-18(23)20-12-4-5-16(27-2)17(7-12)28-3/h4-5,7,11,13-14H,6,8-10H2,1-3H3,(H,20,23)/t11-,13+,14+/m0/s1. The van der Waals surface area contributed by atoms with Crippen molar-refractivity contribution in [3.8, 4) is 11.5 Å². The Morgan fingerprint density at radius 2 is 1.93 bits per heavy atom. The largest absolute Gasteiger partial charge is 0.493 e. The molecule has 1 amide bonds. The first-order chi connectivity index (χ1) is 13.7. The number of methoxy groups -OCH3 is 2. The topological polar surface area (TPSA) is 134 Å². The van der Waals surface area contributed by atoms with Crippen LogP contribution in [0.1, 0.15) is 19.8 Å². The molecule has 1 aromatic rings. The van der Waals surface area contributed by atoms with Gasteiger partial charge in [-0.2, -0.15) is 0 Å². The molecule has 3 atom stereocenters. The Hall–Kier alpha value is -3.17. The highest BCUT2D eigenvalue weighted by molar-refractivity contribution is 5.93. The first-order valence-corrected chi connectivity index (χ1v) is 9.07. The first-order valence-electron chi connectivity index (χ1n) is 9.07. The van der Waals surface area contributed by atoms with Crippen LogP contribution in [0.2, 0.25) is 0 Å². The predicted molar refractivity (Wildman–Crippen MR) is 101 cm³/mol. The zero-order valence-electron chi connectivity index (χ0n) is 16.5. The number of ketones is 1. The van der Waals surface area contributed by atoms with E-state index in [-0.39, 0.29) is 31.1 Å². The van der Waals surface area contributed by atoms with Crippen molar-refractivity contribution in [2.75, 3.05) is 32.7 Å². The average molecular weight is 408 g/mol. The Morgan fingerprint density at radius 3 is 2.55 bits per heavy atom. The second-order valence-corrected chi connectivity index (χ2v) is 6.92. The summed E-state index contributed by atoms with van der Waals surface area (Å²) in [5, 5.41) is 13.4. The Balaban J connectivity index is 1.87. The minimum atomic E-state index is -0.753. The van der Waals surface area contributed by atoms with E-state index in [0.29, 0.717) is 17.2 Å². The van der Waals surface area contributed by atoms with E-state index >= 15 is 0 Å². The maximum atomic E-state index is 12.1. The van der Waals surface area contributed by atoms with Crippen LogP contribution in [0, 0.1) is 27.9 Å². The molecule has 0 saturated heterocycles. The molecule has 1 aromatic carbocycles. The highest BCUT2D eigenvalue weighted by Gasteiger charge is 2.44. The van der Waals surface area contributed by atoms with Crippen LogP contribution in [-0.2, 0) is 19.1 Å². The van der Waals surface area contributed by atoms with Gasteiger partial charge >= 0.3 is 5.97 Å². The van der Waals surface area contributed by atoms with Gasteiger partial charge in [0.05, 0.1) is 20.6 Å². The third-order valence-electron chi connectivity index (χ3n) is 4.96. The molecule has 1 aliphatic rings. The quantitative estimate of drug-likeness (QED) is 0.371. The third kappa shape index (κ3) is 5.90. The molecule has 0 radical (unpaired) electrons. The maximum absolute atomic E-state index is 12.1. The van der Waals surface area contributed by atoms with Gasteiger partial charge in [-0.15, -0.1) is 0 Å². The van der Waals surface area contributed by atoms with E-state index in [4.69, 9.17) is 14.2 Å². The summed E-state index contributed by atoms with van der Waals surface area (Å²) in [6, 6.07) is 4.77. The minimum absolute atomic E-state index is 0.168. The summed E-state index contributed by atoms with van der Waals surface area (Å²) in [5.41, 5.74) is 0.426. The number of ether oxygens (including phenoxy) is 3. The van der Waals surface area contributed by atoms with E-state index < -0.39 is 35.2 Å². The summed E-state index contributed by atoms with van der Waals surface area (Å²) in [6.07, 6.45) is -0.0679. The van der Waals surface area contributed by atoms with Crippen LogP contribution < -0.4 is 14.8 Å². The lowest BCUT2D eigenvalue weighted by Gasteiger charge is -2.17. The van der Waals surface area contributed by atoms with Gasteiger partial charge in [0.15, 0.2) is 18.1 Å². The monoisotopic (exact) mass is 408 g/mol. The summed E-state index contributed by atoms with van der Waals surface area (Å²) >= 11 is 0. The molecule has 1 N–H and O–H groups in total. The molecule has 29 heavy (non-hydrogen) atoms. The molecule has 0 heterocycles. The molecule has 10 heteroatoms. The van der Waals surface area contributed by atoms with Gasteiger partial charge in [-0.25, -0.2) is 0 Å². The summed E-state index contributed by atoms with van der Waals surface area (Å²) in [5.74, 6) is -2.01. The number of carbonyl (C=O) groups is 3. The Labute approximate surface area is 167 Å². The number of nitrogens with zero attached hydrogens (tertiary/aromatic N) is 1. The Morgan fingerprint density at radius 1 is 1.24 bits per heavy atom. The van der Waals surface area contributed by atoms with E-state index in [0.717, 1.165) is 0 Å². The van der Waals surface area contributed by atoms with E-state index in [1.54, 1.807) is 25.1 Å². The number of hydrogen-bond acceptors (Lipinski definition) is 8. The number of amides is 1. The van der Waals surface area contributed by atoms with Crippen molar-refractivity contribution in [3.63, 3.8) is 0 Å². The number of hydrogen-bond donors (Lipinski definition) is 1. The van der Waals surface area contributed by atoms with Gasteiger partial charge in [0, 0.05) is 34.9 Å². The van der Waals surface area contributed by atoms with Crippen molar-refractivity contribution < 1.29 is 33.5 Å². The fourth-order valence-corrected chi connectivity index (χ4v) is 3.50. The molecule has 0 unspecified atom stereocenters. The molecule has 10 nitrogen and oxygen atoms in total. The highest BCUT2D eigenvalue weighted by atomic mass is 16.6. The van der Waals surface area contributed by atoms with Crippen LogP contribution in [-0.4, -0.2) is 50.0 Å². The van der Waals surface area contributed by atoms with Crippen molar-refractivity contribution in [3.05, 3.63) is 28.3 Å². The number of benzene rings is 1. The fourth-order valence-electron chi connectivity index (χ4n) is 3.50. The Bertz CT molecular complexity index is 794. The lowest BCUT2D eigenvalue weighted by molar-refractivity contribution is -0.490. The molecule has 2 rings (SSSR count). The zero-order chi connectivity index (χ0) is 21.6. The fraction of sp³-hybridized carbons (Fsp3) is 0.526. The number of rotatable bonds is 9. The summed E-state index contributed by atoms with van der Waals surface area (Å²) < 4.78 is 15.2. The predicted octanol–water partition coefficient (Wildman–Crippen LogP) is 1.69. The van der Waals surface area contributed by atoms with Gasteiger partial charge in [-0.1, -0.05) is 6.92 Å². The SMILES string of the molecule is COc1ccc(NC(=O)COC(=O)C[C@H]2C(=O)C[C@H](C)[C@H]2C[N+](=O)[O-])cc1OC. The first kappa shape index (κ1) is 22.1. The molecular formula is C19H24N2O8. The van der Waals surface area contributed by atoms with Crippen LogP contribution in [0.3, 0.4) is 0 Å². The summed E-state index contributed by atoms with van der Waals surface area (Å²) in [6.45, 7) is 0.849. The van der Waals surface area contributed by atoms with E-state index in [9.17, 15) is 24.5 Å². The van der Waals surface area contributed by atoms with Crippen LogP contribution in [0.5, 0.6) is 11.5 Å². The van der Waals surface area contributed by atoms with Gasteiger partial charge < -0.3 is 19.5 Å². The van der Waals surface area contributed by atoms with Crippen LogP contribution >= 0.6 is 0 Å².